The number of aromatic nitrogens is 2. The Kier molecular flexibility index (Phi) is 5.08. The molecule has 25 heavy (non-hydrogen) atoms. The molecule has 1 N–H and O–H groups in total. The molecular formula is C19H27N5O. The topological polar surface area (TPSA) is 53.4 Å². The number of benzene rings is 1. The van der Waals surface area contributed by atoms with Crippen LogP contribution in [0.2, 0.25) is 0 Å². The molecule has 0 radical (unpaired) electrons. The van der Waals surface area contributed by atoms with Gasteiger partial charge in [-0.25, -0.2) is 0 Å². The van der Waals surface area contributed by atoms with Crippen molar-refractivity contribution < 1.29 is 4.79 Å². The van der Waals surface area contributed by atoms with Crippen LogP contribution in [-0.4, -0.2) is 36.3 Å². The minimum Gasteiger partial charge on any atom is -0.363 e. The molecule has 1 saturated heterocycles. The van der Waals surface area contributed by atoms with Gasteiger partial charge in [-0.15, -0.1) is 0 Å². The van der Waals surface area contributed by atoms with Gasteiger partial charge in [-0.2, -0.15) is 5.10 Å². The zero-order valence-corrected chi connectivity index (χ0v) is 15.5. The van der Waals surface area contributed by atoms with E-state index in [4.69, 9.17) is 0 Å². The molecule has 6 nitrogen and oxygen atoms in total. The summed E-state index contributed by atoms with van der Waals surface area (Å²) in [6.07, 6.45) is 1.62. The van der Waals surface area contributed by atoms with Crippen LogP contribution in [-0.2, 0) is 24.9 Å². The maximum Gasteiger partial charge on any atom is 0.227 e. The van der Waals surface area contributed by atoms with Crippen molar-refractivity contribution in [3.63, 3.8) is 0 Å². The molecule has 0 atom stereocenters. The highest BCUT2D eigenvalue weighted by Crippen LogP contribution is 2.23. The fourth-order valence-corrected chi connectivity index (χ4v) is 3.54. The number of carbonyl (C=O) groups excluding carboxylic acids is 1. The van der Waals surface area contributed by atoms with E-state index in [-0.39, 0.29) is 5.91 Å². The number of carbonyl (C=O) groups is 1. The van der Waals surface area contributed by atoms with Crippen molar-refractivity contribution in [2.45, 2.75) is 32.9 Å². The summed E-state index contributed by atoms with van der Waals surface area (Å²) in [6.45, 7) is 4.40. The third-order valence-electron chi connectivity index (χ3n) is 4.66. The molecule has 6 heteroatoms. The van der Waals surface area contributed by atoms with Crippen molar-refractivity contribution in [3.05, 3.63) is 41.1 Å². The second-order valence-electron chi connectivity index (χ2n) is 6.83. The van der Waals surface area contributed by atoms with Crippen LogP contribution in [0.4, 0.5) is 11.5 Å². The van der Waals surface area contributed by atoms with Gasteiger partial charge in [0.05, 0.1) is 5.69 Å². The Hall–Kier alpha value is -2.34. The summed E-state index contributed by atoms with van der Waals surface area (Å²) in [5.41, 5.74) is 4.46. The van der Waals surface area contributed by atoms with E-state index in [1.807, 2.05) is 49.8 Å². The van der Waals surface area contributed by atoms with E-state index in [1.54, 1.807) is 0 Å². The van der Waals surface area contributed by atoms with Crippen LogP contribution >= 0.6 is 0 Å². The number of nitrogens with one attached hydrogen (secondary N) is 1. The van der Waals surface area contributed by atoms with Gasteiger partial charge in [0, 0.05) is 58.4 Å². The highest BCUT2D eigenvalue weighted by molar-refractivity contribution is 5.95. The van der Waals surface area contributed by atoms with Crippen LogP contribution in [0.15, 0.2) is 24.3 Å². The fraction of sp³-hybridized carbons (Fsp3) is 0.474. The first kappa shape index (κ1) is 17.5. The van der Waals surface area contributed by atoms with E-state index < -0.39 is 0 Å². The van der Waals surface area contributed by atoms with Crippen molar-refractivity contribution >= 4 is 17.4 Å². The number of anilines is 2. The van der Waals surface area contributed by atoms with Crippen LogP contribution in [0.5, 0.6) is 0 Å². The predicted octanol–water partition coefficient (Wildman–Crippen LogP) is 2.21. The number of aryl methyl sites for hydroxylation is 2. The van der Waals surface area contributed by atoms with Gasteiger partial charge in [0.1, 0.15) is 5.82 Å². The molecule has 0 saturated carbocycles. The van der Waals surface area contributed by atoms with E-state index in [0.29, 0.717) is 6.42 Å². The Morgan fingerprint density at radius 1 is 1.28 bits per heavy atom. The SMILES string of the molecule is Cc1nn(C)c(N(C)C)c1CNCc1cccc(N2CCCC2=O)c1. The minimum atomic E-state index is 0.228. The average molecular weight is 341 g/mol. The van der Waals surface area contributed by atoms with E-state index in [9.17, 15) is 4.79 Å². The molecule has 3 rings (SSSR count). The smallest absolute Gasteiger partial charge is 0.227 e. The molecule has 1 fully saturated rings. The Balaban J connectivity index is 1.66. The summed E-state index contributed by atoms with van der Waals surface area (Å²) in [5.74, 6) is 1.35. The summed E-state index contributed by atoms with van der Waals surface area (Å²) in [6, 6.07) is 8.25. The van der Waals surface area contributed by atoms with Gasteiger partial charge >= 0.3 is 0 Å². The zero-order chi connectivity index (χ0) is 18.0. The second-order valence-corrected chi connectivity index (χ2v) is 6.83. The van der Waals surface area contributed by atoms with E-state index in [2.05, 4.69) is 27.4 Å². The fourth-order valence-electron chi connectivity index (χ4n) is 3.54. The predicted molar refractivity (Wildman–Crippen MR) is 101 cm³/mol. The lowest BCUT2D eigenvalue weighted by molar-refractivity contribution is -0.117. The molecule has 1 aliphatic heterocycles. The minimum absolute atomic E-state index is 0.228. The third kappa shape index (κ3) is 3.69. The Morgan fingerprint density at radius 3 is 2.76 bits per heavy atom. The van der Waals surface area contributed by atoms with Crippen LogP contribution < -0.4 is 15.1 Å². The molecule has 134 valence electrons. The molecule has 1 aromatic heterocycles. The van der Waals surface area contributed by atoms with Gasteiger partial charge in [0.25, 0.3) is 0 Å². The molecule has 1 amide bonds. The van der Waals surface area contributed by atoms with Crippen LogP contribution in [0.3, 0.4) is 0 Å². The standard InChI is InChI=1S/C19H27N5O/c1-14-17(19(22(2)3)23(4)21-14)13-20-12-15-7-5-8-16(11-15)24-10-6-9-18(24)25/h5,7-8,11,20H,6,9-10,12-13H2,1-4H3. The third-order valence-corrected chi connectivity index (χ3v) is 4.66. The summed E-state index contributed by atoms with van der Waals surface area (Å²) in [4.78, 5) is 15.9. The molecule has 0 bridgehead atoms. The number of rotatable bonds is 6. The van der Waals surface area contributed by atoms with Gasteiger partial charge in [-0.3, -0.25) is 9.48 Å². The van der Waals surface area contributed by atoms with Crippen molar-refractivity contribution in [2.75, 3.05) is 30.4 Å². The zero-order valence-electron chi connectivity index (χ0n) is 15.5. The quantitative estimate of drug-likeness (QED) is 0.875. The van der Waals surface area contributed by atoms with Gasteiger partial charge in [0.15, 0.2) is 0 Å². The number of hydrogen-bond acceptors (Lipinski definition) is 4. The Labute approximate surface area is 149 Å². The van der Waals surface area contributed by atoms with Crippen LogP contribution in [0.1, 0.15) is 29.7 Å². The van der Waals surface area contributed by atoms with Gasteiger partial charge < -0.3 is 15.1 Å². The lowest BCUT2D eigenvalue weighted by Gasteiger charge is -2.17. The normalized spacial score (nSPS) is 14.4. The maximum atomic E-state index is 11.9. The molecule has 0 unspecified atom stereocenters. The van der Waals surface area contributed by atoms with Crippen LogP contribution in [0.25, 0.3) is 0 Å². The Morgan fingerprint density at radius 2 is 2.08 bits per heavy atom. The number of nitrogens with zero attached hydrogens (tertiary/aromatic N) is 4. The molecule has 2 aromatic rings. The lowest BCUT2D eigenvalue weighted by Crippen LogP contribution is -2.24. The van der Waals surface area contributed by atoms with Crippen molar-refractivity contribution in [1.82, 2.24) is 15.1 Å². The average Bonchev–Trinajstić information content (AvgIpc) is 3.11. The summed E-state index contributed by atoms with van der Waals surface area (Å²) in [5, 5.41) is 8.04. The monoisotopic (exact) mass is 341 g/mol. The molecule has 0 aliphatic carbocycles. The van der Waals surface area contributed by atoms with Crippen molar-refractivity contribution in [1.29, 1.82) is 0 Å². The second kappa shape index (κ2) is 7.27. The largest absolute Gasteiger partial charge is 0.363 e. The van der Waals surface area contributed by atoms with Gasteiger partial charge in [-0.05, 0) is 31.0 Å². The first-order valence-corrected chi connectivity index (χ1v) is 8.77. The van der Waals surface area contributed by atoms with Crippen molar-refractivity contribution in [2.24, 2.45) is 7.05 Å². The first-order chi connectivity index (χ1) is 12.0. The summed E-state index contributed by atoms with van der Waals surface area (Å²) in [7, 11) is 6.05. The van der Waals surface area contributed by atoms with Gasteiger partial charge in [0.2, 0.25) is 5.91 Å². The molecular weight excluding hydrogens is 314 g/mol. The first-order valence-electron chi connectivity index (χ1n) is 8.77. The summed E-state index contributed by atoms with van der Waals surface area (Å²) < 4.78 is 1.92. The van der Waals surface area contributed by atoms with Crippen molar-refractivity contribution in [3.8, 4) is 0 Å². The number of amides is 1. The van der Waals surface area contributed by atoms with E-state index in [0.717, 1.165) is 43.3 Å². The molecule has 1 aliphatic rings. The van der Waals surface area contributed by atoms with E-state index >= 15 is 0 Å². The highest BCUT2D eigenvalue weighted by atomic mass is 16.2. The highest BCUT2D eigenvalue weighted by Gasteiger charge is 2.21. The summed E-state index contributed by atoms with van der Waals surface area (Å²) >= 11 is 0. The van der Waals surface area contributed by atoms with Gasteiger partial charge in [-0.1, -0.05) is 12.1 Å². The molecule has 0 spiro atoms. The molecule has 1 aromatic carbocycles. The molecule has 2 heterocycles. The Bertz CT molecular complexity index is 765. The van der Waals surface area contributed by atoms with E-state index in [1.165, 1.54) is 11.1 Å². The maximum absolute atomic E-state index is 11.9. The number of hydrogen-bond donors (Lipinski definition) is 1. The lowest BCUT2D eigenvalue weighted by atomic mass is 10.1. The van der Waals surface area contributed by atoms with Crippen LogP contribution in [0, 0.1) is 6.92 Å².